The Kier molecular flexibility index (Phi) is 4.02. The average molecular weight is 280 g/mol. The summed E-state index contributed by atoms with van der Waals surface area (Å²) in [6.45, 7) is 13.3. The summed E-state index contributed by atoms with van der Waals surface area (Å²) in [5.74, 6) is 0. The fourth-order valence-electron chi connectivity index (χ4n) is 2.20. The number of aryl methyl sites for hydroxylation is 1. The predicted octanol–water partition coefficient (Wildman–Crippen LogP) is 1.12. The lowest BCUT2D eigenvalue weighted by Gasteiger charge is -2.47. The molecule has 1 saturated heterocycles. The molecule has 2 heterocycles. The van der Waals surface area contributed by atoms with E-state index in [2.05, 4.69) is 32.8 Å². The smallest absolute Gasteiger partial charge is 0.407 e. The molecule has 1 unspecified atom stereocenters. The van der Waals surface area contributed by atoms with Gasteiger partial charge in [0.25, 0.3) is 0 Å². The second-order valence-electron chi connectivity index (χ2n) is 6.90. The van der Waals surface area contributed by atoms with Gasteiger partial charge in [0.2, 0.25) is 0 Å². The lowest BCUT2D eigenvalue weighted by atomic mass is 9.69. The van der Waals surface area contributed by atoms with E-state index in [1.807, 2.05) is 13.1 Å². The first kappa shape index (κ1) is 15.5. The van der Waals surface area contributed by atoms with Gasteiger partial charge < -0.3 is 14.4 Å². The van der Waals surface area contributed by atoms with Crippen LogP contribution in [0.3, 0.4) is 0 Å². The normalized spacial score (nSPS) is 22.9. The van der Waals surface area contributed by atoms with Crippen molar-refractivity contribution in [1.82, 2.24) is 9.78 Å². The maximum absolute atomic E-state index is 9.44. The van der Waals surface area contributed by atoms with Gasteiger partial charge in [-0.3, -0.25) is 4.68 Å². The second kappa shape index (κ2) is 5.17. The van der Waals surface area contributed by atoms with Gasteiger partial charge in [-0.05, 0) is 27.7 Å². The van der Waals surface area contributed by atoms with E-state index in [-0.39, 0.29) is 18.1 Å². The Morgan fingerprint density at radius 2 is 2.10 bits per heavy atom. The van der Waals surface area contributed by atoms with Crippen LogP contribution in [0.25, 0.3) is 0 Å². The third kappa shape index (κ3) is 2.92. The zero-order valence-electron chi connectivity index (χ0n) is 13.3. The minimum absolute atomic E-state index is 0.0347. The van der Waals surface area contributed by atoms with E-state index in [9.17, 15) is 5.11 Å². The van der Waals surface area contributed by atoms with Crippen LogP contribution in [0.15, 0.2) is 6.20 Å². The van der Waals surface area contributed by atoms with E-state index in [0.29, 0.717) is 13.2 Å². The lowest BCUT2D eigenvalue weighted by molar-refractivity contribution is -0.0937. The standard InChI is InChI=1S/C14H25BN2O3/c1-10(18)7-17-8-12(11(2)16-17)15-19-9-13(3,4)14(5,6)20-15/h8,10,18H,7,9H2,1-6H3. The Bertz CT molecular complexity index is 483. The van der Waals surface area contributed by atoms with Crippen LogP contribution in [0.1, 0.15) is 40.3 Å². The maximum Gasteiger partial charge on any atom is 0.497 e. The van der Waals surface area contributed by atoms with E-state index in [4.69, 9.17) is 9.31 Å². The highest BCUT2D eigenvalue weighted by molar-refractivity contribution is 6.62. The topological polar surface area (TPSA) is 56.5 Å². The second-order valence-corrected chi connectivity index (χ2v) is 6.90. The molecule has 1 atom stereocenters. The largest absolute Gasteiger partial charge is 0.497 e. The Morgan fingerprint density at radius 1 is 1.45 bits per heavy atom. The quantitative estimate of drug-likeness (QED) is 0.843. The molecule has 2 rings (SSSR count). The van der Waals surface area contributed by atoms with E-state index in [1.54, 1.807) is 11.6 Å². The summed E-state index contributed by atoms with van der Waals surface area (Å²) in [7, 11) is -0.388. The van der Waals surface area contributed by atoms with Crippen molar-refractivity contribution in [3.05, 3.63) is 11.9 Å². The molecule has 20 heavy (non-hydrogen) atoms. The van der Waals surface area contributed by atoms with Crippen molar-refractivity contribution in [2.24, 2.45) is 5.41 Å². The Balaban J connectivity index is 2.19. The van der Waals surface area contributed by atoms with Crippen molar-refractivity contribution in [3.63, 3.8) is 0 Å². The fourth-order valence-corrected chi connectivity index (χ4v) is 2.20. The first-order valence-electron chi connectivity index (χ1n) is 7.14. The molecule has 1 N–H and O–H groups in total. The Labute approximate surface area is 121 Å². The molecule has 1 aliphatic heterocycles. The van der Waals surface area contributed by atoms with E-state index >= 15 is 0 Å². The maximum atomic E-state index is 9.44. The zero-order valence-corrected chi connectivity index (χ0v) is 13.3. The van der Waals surface area contributed by atoms with Gasteiger partial charge in [0.1, 0.15) is 0 Å². The molecule has 1 aromatic rings. The summed E-state index contributed by atoms with van der Waals surface area (Å²) < 4.78 is 13.8. The third-order valence-corrected chi connectivity index (χ3v) is 4.32. The van der Waals surface area contributed by atoms with Gasteiger partial charge in [-0.1, -0.05) is 13.8 Å². The van der Waals surface area contributed by atoms with Crippen LogP contribution >= 0.6 is 0 Å². The number of hydrogen-bond acceptors (Lipinski definition) is 4. The van der Waals surface area contributed by atoms with Crippen LogP contribution in [0, 0.1) is 12.3 Å². The highest BCUT2D eigenvalue weighted by Gasteiger charge is 2.47. The van der Waals surface area contributed by atoms with Crippen molar-refractivity contribution in [1.29, 1.82) is 0 Å². The van der Waals surface area contributed by atoms with Crippen LogP contribution in [-0.4, -0.2) is 40.3 Å². The number of hydrogen-bond donors (Lipinski definition) is 1. The van der Waals surface area contributed by atoms with Gasteiger partial charge in [-0.25, -0.2) is 0 Å². The Hall–Kier alpha value is -0.845. The van der Waals surface area contributed by atoms with Crippen LogP contribution in [0.5, 0.6) is 0 Å². The molecule has 1 aliphatic rings. The van der Waals surface area contributed by atoms with Crippen molar-refractivity contribution in [2.45, 2.75) is 59.8 Å². The van der Waals surface area contributed by atoms with Gasteiger partial charge in [0.15, 0.2) is 0 Å². The van der Waals surface area contributed by atoms with Crippen LogP contribution in [0.2, 0.25) is 0 Å². The summed E-state index contributed by atoms with van der Waals surface area (Å²) in [5, 5.41) is 13.9. The summed E-state index contributed by atoms with van der Waals surface area (Å²) in [5.41, 5.74) is 1.52. The monoisotopic (exact) mass is 280 g/mol. The molecule has 0 radical (unpaired) electrons. The zero-order chi connectivity index (χ0) is 15.1. The van der Waals surface area contributed by atoms with E-state index < -0.39 is 6.10 Å². The molecule has 0 spiro atoms. The highest BCUT2D eigenvalue weighted by Crippen LogP contribution is 2.38. The summed E-state index contributed by atoms with van der Waals surface area (Å²) >= 11 is 0. The molecule has 112 valence electrons. The number of aliphatic hydroxyl groups excluding tert-OH is 1. The van der Waals surface area contributed by atoms with Crippen molar-refractivity contribution in [3.8, 4) is 0 Å². The molecular weight excluding hydrogens is 255 g/mol. The number of aliphatic hydroxyl groups is 1. The molecule has 0 amide bonds. The predicted molar refractivity (Wildman–Crippen MR) is 78.9 cm³/mol. The number of nitrogens with zero attached hydrogens (tertiary/aromatic N) is 2. The molecular formula is C14H25BN2O3. The molecule has 0 saturated carbocycles. The SMILES string of the molecule is Cc1nn(CC(C)O)cc1B1OCC(C)(C)C(C)(C)O1. The van der Waals surface area contributed by atoms with Gasteiger partial charge in [-0.2, -0.15) is 5.10 Å². The fraction of sp³-hybridized carbons (Fsp3) is 0.786. The van der Waals surface area contributed by atoms with Crippen LogP contribution in [-0.2, 0) is 15.9 Å². The van der Waals surface area contributed by atoms with Crippen molar-refractivity contribution < 1.29 is 14.4 Å². The molecule has 5 nitrogen and oxygen atoms in total. The first-order valence-corrected chi connectivity index (χ1v) is 7.14. The molecule has 1 fully saturated rings. The van der Waals surface area contributed by atoms with Gasteiger partial charge >= 0.3 is 7.12 Å². The van der Waals surface area contributed by atoms with Crippen molar-refractivity contribution >= 4 is 12.6 Å². The highest BCUT2D eigenvalue weighted by atomic mass is 16.6. The first-order chi connectivity index (χ1) is 9.12. The number of aromatic nitrogens is 2. The minimum atomic E-state index is -0.425. The molecule has 0 aliphatic carbocycles. The summed E-state index contributed by atoms with van der Waals surface area (Å²) in [4.78, 5) is 0. The van der Waals surface area contributed by atoms with E-state index in [0.717, 1.165) is 11.2 Å². The van der Waals surface area contributed by atoms with Crippen LogP contribution in [0.4, 0.5) is 0 Å². The third-order valence-electron chi connectivity index (χ3n) is 4.32. The molecule has 1 aromatic heterocycles. The minimum Gasteiger partial charge on any atom is -0.407 e. The summed E-state index contributed by atoms with van der Waals surface area (Å²) in [6.07, 6.45) is 1.48. The van der Waals surface area contributed by atoms with Gasteiger partial charge in [-0.15, -0.1) is 0 Å². The average Bonchev–Trinajstić information content (AvgIpc) is 2.62. The number of rotatable bonds is 3. The van der Waals surface area contributed by atoms with Gasteiger partial charge in [0.05, 0.1) is 23.9 Å². The Morgan fingerprint density at radius 3 is 2.65 bits per heavy atom. The lowest BCUT2D eigenvalue weighted by Crippen LogP contribution is -2.58. The van der Waals surface area contributed by atoms with Crippen molar-refractivity contribution in [2.75, 3.05) is 6.61 Å². The molecule has 0 aromatic carbocycles. The summed E-state index contributed by atoms with van der Waals surface area (Å²) in [6, 6.07) is 0. The van der Waals surface area contributed by atoms with E-state index in [1.165, 1.54) is 0 Å². The van der Waals surface area contributed by atoms with Crippen LogP contribution < -0.4 is 5.46 Å². The van der Waals surface area contributed by atoms with Gasteiger partial charge in [0, 0.05) is 23.7 Å². The molecule has 6 heteroatoms. The molecule has 0 bridgehead atoms.